The predicted molar refractivity (Wildman–Crippen MR) is 105 cm³/mol. The molecule has 0 aliphatic heterocycles. The molecular weight excluding hydrogens is 344 g/mol. The Labute approximate surface area is 157 Å². The van der Waals surface area contributed by atoms with E-state index in [4.69, 9.17) is 5.73 Å². The first-order chi connectivity index (χ1) is 12.5. The van der Waals surface area contributed by atoms with Crippen molar-refractivity contribution in [2.75, 3.05) is 5.75 Å². The molecule has 5 nitrogen and oxygen atoms in total. The molecule has 0 spiro atoms. The Bertz CT molecular complexity index is 905. The fourth-order valence-electron chi connectivity index (χ4n) is 2.83. The topological polar surface area (TPSA) is 73.8 Å². The lowest BCUT2D eigenvalue weighted by molar-refractivity contribution is -0.117. The minimum atomic E-state index is -0.306. The highest BCUT2D eigenvalue weighted by atomic mass is 32.2. The summed E-state index contributed by atoms with van der Waals surface area (Å²) in [5.74, 6) is 1.16. The number of thioether (sulfide) groups is 1. The molecule has 0 aliphatic carbocycles. The number of carbonyl (C=O) groups excluding carboxylic acids is 1. The van der Waals surface area contributed by atoms with Gasteiger partial charge in [-0.05, 0) is 31.0 Å². The van der Waals surface area contributed by atoms with E-state index in [9.17, 15) is 4.79 Å². The Balaban J connectivity index is 1.98. The van der Waals surface area contributed by atoms with Gasteiger partial charge in [0.2, 0.25) is 5.91 Å². The van der Waals surface area contributed by atoms with Gasteiger partial charge in [0, 0.05) is 18.6 Å². The number of nitrogens with two attached hydrogens (primary N) is 1. The Morgan fingerprint density at radius 1 is 1.12 bits per heavy atom. The van der Waals surface area contributed by atoms with Crippen molar-refractivity contribution in [1.82, 2.24) is 14.8 Å². The molecule has 2 N–H and O–H groups in total. The molecular formula is C20H22N4OS. The van der Waals surface area contributed by atoms with Gasteiger partial charge in [0.15, 0.2) is 5.16 Å². The van der Waals surface area contributed by atoms with Crippen LogP contribution in [0.5, 0.6) is 0 Å². The van der Waals surface area contributed by atoms with E-state index in [1.165, 1.54) is 22.9 Å². The van der Waals surface area contributed by atoms with E-state index in [-0.39, 0.29) is 5.91 Å². The molecule has 1 amide bonds. The first kappa shape index (κ1) is 18.2. The minimum absolute atomic E-state index is 0.306. The fourth-order valence-corrected chi connectivity index (χ4v) is 3.75. The summed E-state index contributed by atoms with van der Waals surface area (Å²) >= 11 is 1.50. The van der Waals surface area contributed by atoms with Gasteiger partial charge in [0.25, 0.3) is 0 Å². The number of amides is 1. The molecule has 0 unspecified atom stereocenters. The maximum atomic E-state index is 11.0. The zero-order chi connectivity index (χ0) is 18.5. The fraction of sp³-hybridized carbons (Fsp3) is 0.250. The number of carbonyl (C=O) groups is 1. The number of aromatic nitrogens is 3. The van der Waals surface area contributed by atoms with E-state index < -0.39 is 0 Å². The molecule has 1 heterocycles. The predicted octanol–water partition coefficient (Wildman–Crippen LogP) is 3.44. The molecule has 0 aliphatic rings. The highest BCUT2D eigenvalue weighted by molar-refractivity contribution is 7.99. The van der Waals surface area contributed by atoms with Crippen LogP contribution in [0.3, 0.4) is 0 Å². The second-order valence-corrected chi connectivity index (χ2v) is 7.31. The summed E-state index contributed by atoms with van der Waals surface area (Å²) in [6.07, 6.45) is 1.01. The quantitative estimate of drug-likeness (QED) is 0.650. The van der Waals surface area contributed by atoms with Crippen molar-refractivity contribution in [2.24, 2.45) is 5.73 Å². The maximum Gasteiger partial charge on any atom is 0.218 e. The summed E-state index contributed by atoms with van der Waals surface area (Å²) in [4.78, 5) is 11.0. The molecule has 1 aromatic heterocycles. The third kappa shape index (κ3) is 4.32. The van der Waals surface area contributed by atoms with E-state index >= 15 is 0 Å². The summed E-state index contributed by atoms with van der Waals surface area (Å²) in [7, 11) is 0. The van der Waals surface area contributed by atoms with Gasteiger partial charge >= 0.3 is 0 Å². The molecule has 3 rings (SSSR count). The molecule has 0 atom stereocenters. The highest BCUT2D eigenvalue weighted by Gasteiger charge is 2.16. The Hall–Kier alpha value is -2.60. The van der Waals surface area contributed by atoms with Gasteiger partial charge in [-0.25, -0.2) is 0 Å². The zero-order valence-corrected chi connectivity index (χ0v) is 15.8. The van der Waals surface area contributed by atoms with Crippen molar-refractivity contribution in [2.45, 2.75) is 31.8 Å². The molecule has 0 bridgehead atoms. The molecule has 3 aromatic rings. The van der Waals surface area contributed by atoms with E-state index in [2.05, 4.69) is 58.9 Å². The number of hydrogen-bond donors (Lipinski definition) is 1. The van der Waals surface area contributed by atoms with Gasteiger partial charge in [-0.1, -0.05) is 59.8 Å². The van der Waals surface area contributed by atoms with Gasteiger partial charge in [-0.3, -0.25) is 9.36 Å². The summed E-state index contributed by atoms with van der Waals surface area (Å²) in [6, 6.07) is 16.6. The lowest BCUT2D eigenvalue weighted by atomic mass is 10.1. The third-order valence-corrected chi connectivity index (χ3v) is 5.01. The zero-order valence-electron chi connectivity index (χ0n) is 15.0. The number of benzene rings is 2. The largest absolute Gasteiger partial charge is 0.370 e. The van der Waals surface area contributed by atoms with E-state index in [1.807, 2.05) is 18.2 Å². The van der Waals surface area contributed by atoms with E-state index in [0.717, 1.165) is 22.2 Å². The molecule has 6 heteroatoms. The lowest BCUT2D eigenvalue weighted by Crippen LogP contribution is -2.11. The van der Waals surface area contributed by atoms with Crippen molar-refractivity contribution in [3.05, 3.63) is 71.0 Å². The number of hydrogen-bond acceptors (Lipinski definition) is 4. The maximum absolute atomic E-state index is 11.0. The van der Waals surface area contributed by atoms with E-state index in [1.54, 1.807) is 0 Å². The molecule has 26 heavy (non-hydrogen) atoms. The van der Waals surface area contributed by atoms with E-state index in [0.29, 0.717) is 18.6 Å². The molecule has 0 fully saturated rings. The van der Waals surface area contributed by atoms with Gasteiger partial charge in [-0.2, -0.15) is 0 Å². The van der Waals surface area contributed by atoms with Crippen LogP contribution >= 0.6 is 11.8 Å². The van der Waals surface area contributed by atoms with Crippen LogP contribution in [-0.4, -0.2) is 26.4 Å². The van der Waals surface area contributed by atoms with Gasteiger partial charge in [0.05, 0.1) is 5.69 Å². The van der Waals surface area contributed by atoms with Gasteiger partial charge in [0.1, 0.15) is 5.82 Å². The van der Waals surface area contributed by atoms with Crippen LogP contribution in [-0.2, 0) is 11.2 Å². The number of primary amides is 1. The summed E-state index contributed by atoms with van der Waals surface area (Å²) in [5, 5.41) is 9.58. The highest BCUT2D eigenvalue weighted by Crippen LogP contribution is 2.26. The molecule has 0 saturated heterocycles. The average molecular weight is 366 g/mol. The van der Waals surface area contributed by atoms with Crippen molar-refractivity contribution in [1.29, 1.82) is 0 Å². The molecule has 2 aromatic carbocycles. The minimum Gasteiger partial charge on any atom is -0.370 e. The van der Waals surface area contributed by atoms with Crippen LogP contribution in [0.4, 0.5) is 0 Å². The van der Waals surface area contributed by atoms with Crippen molar-refractivity contribution in [3.63, 3.8) is 0 Å². The Kier molecular flexibility index (Phi) is 5.73. The SMILES string of the molecule is Cc1ccc(-n2c(Cc3ccccc3)nnc2SCCC(N)=O)c(C)c1. The number of rotatable bonds is 7. The normalized spacial score (nSPS) is 10.8. The van der Waals surface area contributed by atoms with Crippen molar-refractivity contribution >= 4 is 17.7 Å². The number of nitrogens with zero attached hydrogens (tertiary/aromatic N) is 3. The van der Waals surface area contributed by atoms with Crippen molar-refractivity contribution in [3.8, 4) is 5.69 Å². The number of aryl methyl sites for hydroxylation is 2. The van der Waals surface area contributed by atoms with Crippen LogP contribution in [0.1, 0.15) is 28.9 Å². The van der Waals surface area contributed by atoms with Crippen LogP contribution in [0.2, 0.25) is 0 Å². The monoisotopic (exact) mass is 366 g/mol. The van der Waals surface area contributed by atoms with Crippen molar-refractivity contribution < 1.29 is 4.79 Å². The molecule has 134 valence electrons. The van der Waals surface area contributed by atoms with Crippen LogP contribution in [0, 0.1) is 13.8 Å². The van der Waals surface area contributed by atoms with Crippen LogP contribution in [0.25, 0.3) is 5.69 Å². The lowest BCUT2D eigenvalue weighted by Gasteiger charge is -2.13. The van der Waals surface area contributed by atoms with Gasteiger partial charge in [-0.15, -0.1) is 10.2 Å². The average Bonchev–Trinajstić information content (AvgIpc) is 2.98. The first-order valence-electron chi connectivity index (χ1n) is 8.51. The smallest absolute Gasteiger partial charge is 0.218 e. The Morgan fingerprint density at radius 3 is 2.58 bits per heavy atom. The standard InChI is InChI=1S/C20H22N4OS/c1-14-8-9-17(15(2)12-14)24-19(13-16-6-4-3-5-7-16)22-23-20(24)26-11-10-18(21)25/h3-9,12H,10-11,13H2,1-2H3,(H2,21,25). The summed E-state index contributed by atoms with van der Waals surface area (Å²) < 4.78 is 2.09. The third-order valence-electron chi connectivity index (χ3n) is 4.08. The molecule has 0 radical (unpaired) electrons. The summed E-state index contributed by atoms with van der Waals surface area (Å²) in [6.45, 7) is 4.17. The molecule has 0 saturated carbocycles. The summed E-state index contributed by atoms with van der Waals surface area (Å²) in [5.41, 5.74) is 9.88. The second-order valence-electron chi connectivity index (χ2n) is 6.25. The van der Waals surface area contributed by atoms with Crippen LogP contribution < -0.4 is 5.73 Å². The van der Waals surface area contributed by atoms with Crippen LogP contribution in [0.15, 0.2) is 53.7 Å². The Morgan fingerprint density at radius 2 is 1.88 bits per heavy atom. The van der Waals surface area contributed by atoms with Gasteiger partial charge < -0.3 is 5.73 Å². The first-order valence-corrected chi connectivity index (χ1v) is 9.50. The second kappa shape index (κ2) is 8.19.